The van der Waals surface area contributed by atoms with Crippen LogP contribution in [-0.4, -0.2) is 5.90 Å². The summed E-state index contributed by atoms with van der Waals surface area (Å²) in [6, 6.07) is 7.07. The molecule has 12 heavy (non-hydrogen) atoms. The molecular weight excluding hydrogens is 197 g/mol. The number of ether oxygens (including phenoxy) is 1. The zero-order valence-electron chi connectivity index (χ0n) is 6.50. The van der Waals surface area contributed by atoms with Gasteiger partial charge in [-0.1, -0.05) is 23.7 Å². The Morgan fingerprint density at radius 2 is 2.00 bits per heavy atom. The van der Waals surface area contributed by atoms with Crippen LogP contribution in [0.15, 0.2) is 24.3 Å². The summed E-state index contributed by atoms with van der Waals surface area (Å²) in [5.41, 5.74) is 0. The summed E-state index contributed by atoms with van der Waals surface area (Å²) in [6.07, 6.45) is 0. The molecule has 1 N–H and O–H groups in total. The lowest BCUT2D eigenvalue weighted by Gasteiger charge is -2.03. The standard InChI is InChI=1S/C8H8ClNO.ClH/c1-6(10)11-8-5-3-2-4-7(8)9;/h2-5,10H,1H3;1H. The Morgan fingerprint density at radius 1 is 1.42 bits per heavy atom. The number of hydrogen-bond donors (Lipinski definition) is 1. The van der Waals surface area contributed by atoms with Crippen molar-refractivity contribution in [2.45, 2.75) is 6.92 Å². The molecule has 0 unspecified atom stereocenters. The molecule has 1 aromatic carbocycles. The van der Waals surface area contributed by atoms with Crippen molar-refractivity contribution in [3.8, 4) is 5.75 Å². The highest BCUT2D eigenvalue weighted by Crippen LogP contribution is 2.22. The summed E-state index contributed by atoms with van der Waals surface area (Å²) in [5, 5.41) is 7.57. The highest BCUT2D eigenvalue weighted by atomic mass is 35.5. The molecule has 0 amide bonds. The van der Waals surface area contributed by atoms with E-state index in [-0.39, 0.29) is 18.3 Å². The van der Waals surface area contributed by atoms with E-state index in [2.05, 4.69) is 0 Å². The summed E-state index contributed by atoms with van der Waals surface area (Å²) in [5.74, 6) is 0.666. The Balaban J connectivity index is 0.00000121. The fourth-order valence-corrected chi connectivity index (χ4v) is 0.867. The number of rotatable bonds is 1. The van der Waals surface area contributed by atoms with Crippen LogP contribution in [0.4, 0.5) is 0 Å². The first-order valence-corrected chi connectivity index (χ1v) is 3.55. The molecule has 4 heteroatoms. The quantitative estimate of drug-likeness (QED) is 0.555. The molecule has 0 spiro atoms. The van der Waals surface area contributed by atoms with Gasteiger partial charge in [-0.2, -0.15) is 0 Å². The highest BCUT2D eigenvalue weighted by Gasteiger charge is 1.98. The van der Waals surface area contributed by atoms with Crippen molar-refractivity contribution in [1.29, 1.82) is 5.41 Å². The smallest absolute Gasteiger partial charge is 0.184 e. The first-order valence-electron chi connectivity index (χ1n) is 3.17. The third-order valence-corrected chi connectivity index (χ3v) is 1.41. The van der Waals surface area contributed by atoms with E-state index in [0.717, 1.165) is 0 Å². The number of hydrogen-bond acceptors (Lipinski definition) is 2. The van der Waals surface area contributed by atoms with Crippen molar-refractivity contribution < 1.29 is 4.74 Å². The summed E-state index contributed by atoms with van der Waals surface area (Å²) >= 11 is 5.75. The van der Waals surface area contributed by atoms with Crippen LogP contribution < -0.4 is 4.74 Å². The monoisotopic (exact) mass is 205 g/mol. The molecule has 2 nitrogen and oxygen atoms in total. The molecule has 0 fully saturated rings. The molecule has 0 aliphatic rings. The van der Waals surface area contributed by atoms with Gasteiger partial charge in [0.25, 0.3) is 0 Å². The fourth-order valence-electron chi connectivity index (χ4n) is 0.692. The van der Waals surface area contributed by atoms with Gasteiger partial charge in [-0.3, -0.25) is 5.41 Å². The Kier molecular flexibility index (Phi) is 4.71. The zero-order chi connectivity index (χ0) is 8.27. The number of para-hydroxylation sites is 1. The second kappa shape index (κ2) is 5.01. The molecule has 0 bridgehead atoms. The predicted octanol–water partition coefficient (Wildman–Crippen LogP) is 3.14. The minimum absolute atomic E-state index is 0. The van der Waals surface area contributed by atoms with Crippen molar-refractivity contribution >= 4 is 29.9 Å². The number of nitrogens with one attached hydrogen (secondary N) is 1. The molecular formula is C8H9Cl2NO. The SMILES string of the molecule is CC(=N)Oc1ccccc1Cl.Cl. The third-order valence-electron chi connectivity index (χ3n) is 1.10. The van der Waals surface area contributed by atoms with Gasteiger partial charge in [-0.15, -0.1) is 12.4 Å². The first-order chi connectivity index (χ1) is 5.20. The fraction of sp³-hybridized carbons (Fsp3) is 0.125. The van der Waals surface area contributed by atoms with Crippen molar-refractivity contribution in [3.05, 3.63) is 29.3 Å². The third kappa shape index (κ3) is 3.11. The average Bonchev–Trinajstić information content (AvgIpc) is 1.93. The van der Waals surface area contributed by atoms with Gasteiger partial charge >= 0.3 is 0 Å². The van der Waals surface area contributed by atoms with Gasteiger partial charge in [0.2, 0.25) is 0 Å². The van der Waals surface area contributed by atoms with Crippen LogP contribution >= 0.6 is 24.0 Å². The van der Waals surface area contributed by atoms with Crippen LogP contribution in [0.25, 0.3) is 0 Å². The Hall–Kier alpha value is -0.730. The van der Waals surface area contributed by atoms with E-state index in [1.165, 1.54) is 0 Å². The van der Waals surface area contributed by atoms with Crippen LogP contribution in [-0.2, 0) is 0 Å². The second-order valence-electron chi connectivity index (χ2n) is 2.09. The van der Waals surface area contributed by atoms with E-state index in [1.54, 1.807) is 19.1 Å². The molecule has 1 rings (SSSR count). The van der Waals surface area contributed by atoms with Gasteiger partial charge in [0.15, 0.2) is 5.90 Å². The Morgan fingerprint density at radius 3 is 2.50 bits per heavy atom. The van der Waals surface area contributed by atoms with E-state index >= 15 is 0 Å². The van der Waals surface area contributed by atoms with Crippen molar-refractivity contribution in [2.24, 2.45) is 0 Å². The van der Waals surface area contributed by atoms with Gasteiger partial charge in [0, 0.05) is 6.92 Å². The van der Waals surface area contributed by atoms with Crippen LogP contribution in [0.5, 0.6) is 5.75 Å². The highest BCUT2D eigenvalue weighted by molar-refractivity contribution is 6.32. The molecule has 0 saturated heterocycles. The second-order valence-corrected chi connectivity index (χ2v) is 2.50. The van der Waals surface area contributed by atoms with Gasteiger partial charge < -0.3 is 4.74 Å². The lowest BCUT2D eigenvalue weighted by molar-refractivity contribution is 0.542. The van der Waals surface area contributed by atoms with E-state index in [9.17, 15) is 0 Å². The molecule has 0 aliphatic heterocycles. The van der Waals surface area contributed by atoms with E-state index in [0.29, 0.717) is 10.8 Å². The predicted molar refractivity (Wildman–Crippen MR) is 52.7 cm³/mol. The topological polar surface area (TPSA) is 33.1 Å². The Bertz CT molecular complexity index is 276. The van der Waals surface area contributed by atoms with Gasteiger partial charge in [0.05, 0.1) is 5.02 Å². The van der Waals surface area contributed by atoms with Gasteiger partial charge in [0.1, 0.15) is 5.75 Å². The molecule has 0 saturated carbocycles. The molecule has 0 radical (unpaired) electrons. The van der Waals surface area contributed by atoms with Crippen LogP contribution in [0, 0.1) is 5.41 Å². The maximum absolute atomic E-state index is 7.05. The molecule has 0 atom stereocenters. The van der Waals surface area contributed by atoms with Gasteiger partial charge in [-0.25, -0.2) is 0 Å². The molecule has 0 aliphatic carbocycles. The summed E-state index contributed by atoms with van der Waals surface area (Å²) in [6.45, 7) is 1.56. The van der Waals surface area contributed by atoms with Crippen molar-refractivity contribution in [3.63, 3.8) is 0 Å². The van der Waals surface area contributed by atoms with Crippen molar-refractivity contribution in [1.82, 2.24) is 0 Å². The van der Waals surface area contributed by atoms with E-state index in [4.69, 9.17) is 21.7 Å². The largest absolute Gasteiger partial charge is 0.442 e. The van der Waals surface area contributed by atoms with E-state index in [1.807, 2.05) is 12.1 Å². The van der Waals surface area contributed by atoms with Gasteiger partial charge in [-0.05, 0) is 12.1 Å². The van der Waals surface area contributed by atoms with Crippen LogP contribution in [0.2, 0.25) is 5.02 Å². The maximum Gasteiger partial charge on any atom is 0.184 e. The molecule has 1 aromatic rings. The number of benzene rings is 1. The lowest BCUT2D eigenvalue weighted by atomic mass is 10.3. The maximum atomic E-state index is 7.05. The molecule has 0 aromatic heterocycles. The summed E-state index contributed by atoms with van der Waals surface area (Å²) in [7, 11) is 0. The van der Waals surface area contributed by atoms with Crippen LogP contribution in [0.3, 0.4) is 0 Å². The summed E-state index contributed by atoms with van der Waals surface area (Å²) in [4.78, 5) is 0. The minimum Gasteiger partial charge on any atom is -0.442 e. The minimum atomic E-state index is 0. The molecule has 0 heterocycles. The van der Waals surface area contributed by atoms with E-state index < -0.39 is 0 Å². The Labute approximate surface area is 82.4 Å². The van der Waals surface area contributed by atoms with Crippen LogP contribution in [0.1, 0.15) is 6.92 Å². The normalized spacial score (nSPS) is 8.50. The number of halogens is 2. The first kappa shape index (κ1) is 11.3. The molecule has 66 valence electrons. The van der Waals surface area contributed by atoms with Crippen molar-refractivity contribution in [2.75, 3.05) is 0 Å². The lowest BCUT2D eigenvalue weighted by Crippen LogP contribution is -2.00. The average molecular weight is 206 g/mol. The summed E-state index contributed by atoms with van der Waals surface area (Å²) < 4.78 is 5.00. The zero-order valence-corrected chi connectivity index (χ0v) is 8.08.